The van der Waals surface area contributed by atoms with E-state index in [9.17, 15) is 9.59 Å². The molecule has 6 nitrogen and oxygen atoms in total. The van der Waals surface area contributed by atoms with E-state index in [1.165, 1.54) is 0 Å². The monoisotopic (exact) mass is 382 g/mol. The summed E-state index contributed by atoms with van der Waals surface area (Å²) in [4.78, 5) is 24.2. The first-order valence-corrected chi connectivity index (χ1v) is 8.14. The van der Waals surface area contributed by atoms with E-state index < -0.39 is 12.0 Å². The average molecular weight is 383 g/mol. The number of benzene rings is 1. The van der Waals surface area contributed by atoms with Crippen molar-refractivity contribution in [3.05, 3.63) is 39.5 Å². The first-order valence-electron chi connectivity index (χ1n) is 7.35. The molecule has 124 valence electrons. The van der Waals surface area contributed by atoms with Crippen LogP contribution >= 0.6 is 15.9 Å². The summed E-state index contributed by atoms with van der Waals surface area (Å²) in [5.41, 5.74) is 1.53. The molecule has 2 N–H and O–H groups in total. The lowest BCUT2D eigenvalue weighted by Crippen LogP contribution is -2.45. The van der Waals surface area contributed by atoms with Crippen LogP contribution in [0.4, 0.5) is 4.79 Å². The second-order valence-corrected chi connectivity index (χ2v) is 5.82. The molecule has 1 aromatic carbocycles. The number of carbonyl (C=O) groups is 2. The van der Waals surface area contributed by atoms with Crippen LogP contribution in [0.25, 0.3) is 0 Å². The molecule has 0 fully saturated rings. The summed E-state index contributed by atoms with van der Waals surface area (Å²) in [5.74, 6) is 0.141. The fourth-order valence-electron chi connectivity index (χ4n) is 2.44. The average Bonchev–Trinajstić information content (AvgIpc) is 2.48. The molecule has 1 aliphatic rings. The number of halogens is 1. The summed E-state index contributed by atoms with van der Waals surface area (Å²) in [6.07, 6.45) is 0. The van der Waals surface area contributed by atoms with Crippen LogP contribution < -0.4 is 15.4 Å². The maximum Gasteiger partial charge on any atom is 0.338 e. The highest BCUT2D eigenvalue weighted by Gasteiger charge is 2.33. The Kier molecular flexibility index (Phi) is 5.65. The van der Waals surface area contributed by atoms with Crippen molar-refractivity contribution in [1.29, 1.82) is 0 Å². The normalized spacial score (nSPS) is 17.4. The van der Waals surface area contributed by atoms with Gasteiger partial charge in [-0.15, -0.1) is 0 Å². The molecule has 2 rings (SSSR count). The van der Waals surface area contributed by atoms with Crippen LogP contribution in [-0.2, 0) is 9.53 Å². The van der Waals surface area contributed by atoms with Gasteiger partial charge in [0.1, 0.15) is 5.75 Å². The van der Waals surface area contributed by atoms with E-state index in [1.54, 1.807) is 19.9 Å². The number of ether oxygens (including phenoxy) is 2. The lowest BCUT2D eigenvalue weighted by molar-refractivity contribution is -0.139. The molecule has 7 heteroatoms. The Bertz CT molecular complexity index is 657. The molecule has 0 unspecified atom stereocenters. The van der Waals surface area contributed by atoms with Gasteiger partial charge in [-0.2, -0.15) is 0 Å². The third kappa shape index (κ3) is 3.85. The van der Waals surface area contributed by atoms with E-state index >= 15 is 0 Å². The highest BCUT2D eigenvalue weighted by molar-refractivity contribution is 9.10. The maximum atomic E-state index is 12.3. The minimum atomic E-state index is -0.637. The molecule has 0 saturated heterocycles. The van der Waals surface area contributed by atoms with Crippen molar-refractivity contribution in [1.82, 2.24) is 10.6 Å². The van der Waals surface area contributed by atoms with Crippen molar-refractivity contribution >= 4 is 27.9 Å². The lowest BCUT2D eigenvalue weighted by atomic mass is 9.95. The summed E-state index contributed by atoms with van der Waals surface area (Å²) in [7, 11) is 0. The van der Waals surface area contributed by atoms with Crippen molar-refractivity contribution in [2.24, 2.45) is 0 Å². The standard InChI is InChI=1S/C16H19BrN2O4/c1-4-22-12-7-6-10(17)8-11(12)14-13(15(20)23-5-2)9(3)18-16(21)19-14/h6-8,14H,4-5H2,1-3H3,(H2,18,19,21)/t14-/m1/s1. The van der Waals surface area contributed by atoms with Gasteiger partial charge in [-0.25, -0.2) is 9.59 Å². The number of esters is 1. The molecule has 1 heterocycles. The van der Waals surface area contributed by atoms with Crippen molar-refractivity contribution in [2.75, 3.05) is 13.2 Å². The molecule has 0 spiro atoms. The van der Waals surface area contributed by atoms with E-state index in [1.807, 2.05) is 19.1 Å². The van der Waals surface area contributed by atoms with Crippen LogP contribution in [-0.4, -0.2) is 25.2 Å². The summed E-state index contributed by atoms with van der Waals surface area (Å²) in [5, 5.41) is 5.38. The molecule has 1 aromatic rings. The molecule has 2 amide bonds. The fraction of sp³-hybridized carbons (Fsp3) is 0.375. The van der Waals surface area contributed by atoms with Gasteiger partial charge in [-0.1, -0.05) is 15.9 Å². The van der Waals surface area contributed by atoms with Gasteiger partial charge in [0.2, 0.25) is 0 Å². The van der Waals surface area contributed by atoms with Gasteiger partial charge in [0.05, 0.1) is 24.8 Å². The third-order valence-electron chi connectivity index (χ3n) is 3.35. The number of hydrogen-bond donors (Lipinski definition) is 2. The van der Waals surface area contributed by atoms with Crippen molar-refractivity contribution in [3.8, 4) is 5.75 Å². The zero-order valence-corrected chi connectivity index (χ0v) is 14.8. The number of allylic oxidation sites excluding steroid dienone is 1. The fourth-order valence-corrected chi connectivity index (χ4v) is 2.82. The van der Waals surface area contributed by atoms with E-state index in [0.29, 0.717) is 29.2 Å². The second-order valence-electron chi connectivity index (χ2n) is 4.91. The van der Waals surface area contributed by atoms with Gasteiger partial charge in [0, 0.05) is 15.7 Å². The Labute approximate surface area is 143 Å². The van der Waals surface area contributed by atoms with Crippen molar-refractivity contribution in [3.63, 3.8) is 0 Å². The molecular weight excluding hydrogens is 364 g/mol. The number of urea groups is 1. The molecule has 23 heavy (non-hydrogen) atoms. The van der Waals surface area contributed by atoms with Crippen LogP contribution in [0.15, 0.2) is 33.9 Å². The maximum absolute atomic E-state index is 12.3. The summed E-state index contributed by atoms with van der Waals surface area (Å²) < 4.78 is 11.6. The Morgan fingerprint density at radius 3 is 2.70 bits per heavy atom. The van der Waals surface area contributed by atoms with Crippen LogP contribution in [0.3, 0.4) is 0 Å². The highest BCUT2D eigenvalue weighted by Crippen LogP contribution is 2.35. The molecule has 0 aromatic heterocycles. The Morgan fingerprint density at radius 2 is 2.04 bits per heavy atom. The molecule has 1 atom stereocenters. The number of nitrogens with one attached hydrogen (secondary N) is 2. The van der Waals surface area contributed by atoms with Gasteiger partial charge in [0.15, 0.2) is 0 Å². The molecule has 0 radical (unpaired) electrons. The van der Waals surface area contributed by atoms with Gasteiger partial charge in [-0.3, -0.25) is 0 Å². The van der Waals surface area contributed by atoms with E-state index in [4.69, 9.17) is 9.47 Å². The van der Waals surface area contributed by atoms with E-state index in [2.05, 4.69) is 26.6 Å². The van der Waals surface area contributed by atoms with Gasteiger partial charge >= 0.3 is 12.0 Å². The zero-order valence-electron chi connectivity index (χ0n) is 13.2. The van der Waals surface area contributed by atoms with Gasteiger partial charge in [-0.05, 0) is 39.0 Å². The predicted octanol–water partition coefficient (Wildman–Crippen LogP) is 3.04. The quantitative estimate of drug-likeness (QED) is 0.767. The van der Waals surface area contributed by atoms with Crippen molar-refractivity contribution in [2.45, 2.75) is 26.8 Å². The number of hydrogen-bond acceptors (Lipinski definition) is 4. The van der Waals surface area contributed by atoms with Crippen LogP contribution in [0.1, 0.15) is 32.4 Å². The number of carbonyl (C=O) groups excluding carboxylic acids is 2. The highest BCUT2D eigenvalue weighted by atomic mass is 79.9. The SMILES string of the molecule is CCOC(=O)C1=C(C)NC(=O)N[C@@H]1c1cc(Br)ccc1OCC. The lowest BCUT2D eigenvalue weighted by Gasteiger charge is -2.29. The zero-order chi connectivity index (χ0) is 17.0. The molecule has 0 aliphatic carbocycles. The summed E-state index contributed by atoms with van der Waals surface area (Å²) >= 11 is 3.42. The van der Waals surface area contributed by atoms with Gasteiger partial charge in [0.25, 0.3) is 0 Å². The first kappa shape index (κ1) is 17.3. The predicted molar refractivity (Wildman–Crippen MR) is 89.1 cm³/mol. The number of rotatable bonds is 5. The first-order chi connectivity index (χ1) is 11.0. The van der Waals surface area contributed by atoms with Crippen LogP contribution in [0, 0.1) is 0 Å². The smallest absolute Gasteiger partial charge is 0.338 e. The molecular formula is C16H19BrN2O4. The Balaban J connectivity index is 2.54. The van der Waals surface area contributed by atoms with Crippen LogP contribution in [0.5, 0.6) is 5.75 Å². The van der Waals surface area contributed by atoms with E-state index in [0.717, 1.165) is 4.47 Å². The number of amides is 2. The largest absolute Gasteiger partial charge is 0.494 e. The Hall–Kier alpha value is -2.02. The molecule has 1 aliphatic heterocycles. The minimum absolute atomic E-state index is 0.257. The Morgan fingerprint density at radius 1 is 1.30 bits per heavy atom. The third-order valence-corrected chi connectivity index (χ3v) is 3.84. The summed E-state index contributed by atoms with van der Waals surface area (Å²) in [6, 6.07) is 4.46. The van der Waals surface area contributed by atoms with Gasteiger partial charge < -0.3 is 20.1 Å². The summed E-state index contributed by atoms with van der Waals surface area (Å²) in [6.45, 7) is 6.02. The van der Waals surface area contributed by atoms with Crippen LogP contribution in [0.2, 0.25) is 0 Å². The molecule has 0 saturated carbocycles. The van der Waals surface area contributed by atoms with E-state index in [-0.39, 0.29) is 12.6 Å². The molecule has 0 bridgehead atoms. The second kappa shape index (κ2) is 7.50. The van der Waals surface area contributed by atoms with Crippen molar-refractivity contribution < 1.29 is 19.1 Å². The topological polar surface area (TPSA) is 76.7 Å². The minimum Gasteiger partial charge on any atom is -0.494 e.